The SMILES string of the molecule is CCCCCCCCCCCCCCCC=CC(=O)CC(=O)SCCNC(=O)CCNC(=O)[C@H](O)C(C)(C)COP(=O)(O)OP(=O)(O)OC[C@H]1O[C@@H](n2cnc3c(N)ncnc32)[C@H](O)[C@@H]1OP(=O)(O)O. The van der Waals surface area contributed by atoms with E-state index < -0.39 is 84.6 Å². The van der Waals surface area contributed by atoms with Crippen LogP contribution in [0.4, 0.5) is 5.82 Å². The van der Waals surface area contributed by atoms with Crippen molar-refractivity contribution in [2.24, 2.45) is 5.41 Å². The maximum Gasteiger partial charge on any atom is 0.481 e. The van der Waals surface area contributed by atoms with Gasteiger partial charge in [-0.3, -0.25) is 37.3 Å². The third-order valence-corrected chi connectivity index (χ3v) is 14.8. The molecule has 2 aromatic heterocycles. The molecule has 10 N–H and O–H groups in total. The van der Waals surface area contributed by atoms with E-state index in [1.807, 2.05) is 0 Å². The largest absolute Gasteiger partial charge is 0.481 e. The summed E-state index contributed by atoms with van der Waals surface area (Å²) in [4.78, 5) is 101. The number of rotatable bonds is 36. The van der Waals surface area contributed by atoms with Crippen LogP contribution in [0.3, 0.4) is 0 Å². The van der Waals surface area contributed by atoms with Crippen LogP contribution >= 0.6 is 35.2 Å². The van der Waals surface area contributed by atoms with Crippen LogP contribution < -0.4 is 16.4 Å². The predicted octanol–water partition coefficient (Wildman–Crippen LogP) is 4.66. The highest BCUT2D eigenvalue weighted by molar-refractivity contribution is 8.13. The summed E-state index contributed by atoms with van der Waals surface area (Å²) in [6.45, 7) is 2.54. The zero-order chi connectivity index (χ0) is 52.0. The van der Waals surface area contributed by atoms with Gasteiger partial charge in [0.15, 0.2) is 28.6 Å². The second kappa shape index (κ2) is 30.2. The number of aliphatic hydroxyl groups excluding tert-OH is 2. The maximum absolute atomic E-state index is 12.7. The molecule has 0 radical (unpaired) electrons. The number of nitrogens with zero attached hydrogens (tertiary/aromatic N) is 4. The number of fused-ring (bicyclic) bond motifs is 1. The molecule has 2 aromatic rings. The minimum atomic E-state index is -5.59. The summed E-state index contributed by atoms with van der Waals surface area (Å²) < 4.78 is 62.4. The number of ketones is 1. The molecule has 29 heteroatoms. The summed E-state index contributed by atoms with van der Waals surface area (Å²) in [7, 11) is -16.5. The number of anilines is 1. The highest BCUT2D eigenvalue weighted by atomic mass is 32.2. The molecule has 70 heavy (non-hydrogen) atoms. The Bertz CT molecular complexity index is 2160. The van der Waals surface area contributed by atoms with E-state index in [0.29, 0.717) is 0 Å². The number of nitrogen functional groups attached to an aromatic ring is 1. The fraction of sp³-hybridized carbons (Fsp3) is 0.732. The van der Waals surface area contributed by atoms with Gasteiger partial charge in [0.05, 0.1) is 26.0 Å². The van der Waals surface area contributed by atoms with Gasteiger partial charge in [-0.15, -0.1) is 0 Å². The molecule has 0 saturated carbocycles. The summed E-state index contributed by atoms with van der Waals surface area (Å²) >= 11 is 0.908. The fourth-order valence-electron chi connectivity index (χ4n) is 7.04. The zero-order valence-electron chi connectivity index (χ0n) is 39.7. The molecule has 3 rings (SSSR count). The van der Waals surface area contributed by atoms with Gasteiger partial charge in [-0.2, -0.15) is 4.31 Å². The van der Waals surface area contributed by atoms with Crippen LogP contribution in [0.5, 0.6) is 0 Å². The van der Waals surface area contributed by atoms with E-state index in [-0.39, 0.29) is 59.6 Å². The van der Waals surface area contributed by atoms with Gasteiger partial charge >= 0.3 is 23.5 Å². The van der Waals surface area contributed by atoms with E-state index in [1.54, 1.807) is 6.08 Å². The van der Waals surface area contributed by atoms with Gasteiger partial charge < -0.3 is 50.9 Å². The molecule has 1 fully saturated rings. The highest BCUT2D eigenvalue weighted by Crippen LogP contribution is 2.61. The lowest BCUT2D eigenvalue weighted by Gasteiger charge is -2.30. The highest BCUT2D eigenvalue weighted by Gasteiger charge is 2.50. The fourth-order valence-corrected chi connectivity index (χ4v) is 10.5. The molecule has 0 spiro atoms. The molecule has 398 valence electrons. The number of allylic oxidation sites excluding steroid dienone is 2. The van der Waals surface area contributed by atoms with E-state index in [4.69, 9.17) is 19.5 Å². The molecule has 1 saturated heterocycles. The monoisotopic (exact) mass is 1070 g/mol. The van der Waals surface area contributed by atoms with Crippen LogP contribution in [-0.2, 0) is 55.5 Å². The molecule has 0 aliphatic carbocycles. The lowest BCUT2D eigenvalue weighted by atomic mass is 9.87. The Kier molecular flexibility index (Phi) is 26.5. The summed E-state index contributed by atoms with van der Waals surface area (Å²) in [5, 5.41) is 26.2. The first-order chi connectivity index (χ1) is 32.9. The molecule has 1 aliphatic rings. The zero-order valence-corrected chi connectivity index (χ0v) is 43.2. The van der Waals surface area contributed by atoms with Crippen molar-refractivity contribution >= 4 is 74.9 Å². The number of amides is 2. The molecular formula is C41H70N7O18P3S. The molecule has 2 unspecified atom stereocenters. The van der Waals surface area contributed by atoms with Crippen molar-refractivity contribution in [3.8, 4) is 0 Å². The van der Waals surface area contributed by atoms with Crippen molar-refractivity contribution in [1.82, 2.24) is 30.2 Å². The van der Waals surface area contributed by atoms with Crippen LogP contribution in [0.2, 0.25) is 0 Å². The summed E-state index contributed by atoms with van der Waals surface area (Å²) in [5.41, 5.74) is 4.24. The average Bonchev–Trinajstić information content (AvgIpc) is 3.84. The predicted molar refractivity (Wildman–Crippen MR) is 256 cm³/mol. The van der Waals surface area contributed by atoms with Crippen molar-refractivity contribution in [3.63, 3.8) is 0 Å². The number of hydrogen-bond acceptors (Lipinski definition) is 19. The quantitative estimate of drug-likeness (QED) is 0.0194. The number of imidazole rings is 1. The maximum atomic E-state index is 12.7. The Morgan fingerprint density at radius 2 is 1.51 bits per heavy atom. The third kappa shape index (κ3) is 22.8. The number of aromatic nitrogens is 4. The van der Waals surface area contributed by atoms with Gasteiger partial charge in [0.25, 0.3) is 0 Å². The van der Waals surface area contributed by atoms with Crippen molar-refractivity contribution in [2.45, 2.75) is 154 Å². The van der Waals surface area contributed by atoms with Gasteiger partial charge in [-0.05, 0) is 18.9 Å². The van der Waals surface area contributed by atoms with Crippen LogP contribution in [0.1, 0.15) is 130 Å². The number of ether oxygens (including phenoxy) is 1. The van der Waals surface area contributed by atoms with Crippen LogP contribution in [0, 0.1) is 5.41 Å². The van der Waals surface area contributed by atoms with E-state index in [0.717, 1.165) is 48.2 Å². The smallest absolute Gasteiger partial charge is 0.386 e. The number of carbonyl (C=O) groups is 4. The minimum absolute atomic E-state index is 0.0253. The van der Waals surface area contributed by atoms with Crippen molar-refractivity contribution in [3.05, 3.63) is 24.8 Å². The van der Waals surface area contributed by atoms with Gasteiger partial charge in [-0.1, -0.05) is 116 Å². The second-order valence-electron chi connectivity index (χ2n) is 17.4. The summed E-state index contributed by atoms with van der Waals surface area (Å²) in [6.07, 6.45) is 13.1. The van der Waals surface area contributed by atoms with Crippen molar-refractivity contribution < 1.29 is 85.3 Å². The van der Waals surface area contributed by atoms with Crippen LogP contribution in [0.25, 0.3) is 11.2 Å². The van der Waals surface area contributed by atoms with E-state index in [2.05, 4.69) is 41.3 Å². The first kappa shape index (κ1) is 61.3. The van der Waals surface area contributed by atoms with Gasteiger partial charge in [0, 0.05) is 30.7 Å². The normalized spacial score (nSPS) is 19.8. The summed E-state index contributed by atoms with van der Waals surface area (Å²) in [5.74, 6) is -1.61. The molecule has 25 nitrogen and oxygen atoms in total. The molecule has 2 amide bonds. The first-order valence-corrected chi connectivity index (χ1v) is 28.7. The Labute approximate surface area is 411 Å². The number of unbranched alkanes of at least 4 members (excludes halogenated alkanes) is 13. The number of aliphatic hydroxyl groups is 2. The van der Waals surface area contributed by atoms with Gasteiger partial charge in [0.2, 0.25) is 11.8 Å². The van der Waals surface area contributed by atoms with Crippen molar-refractivity contribution in [2.75, 3.05) is 37.8 Å². The molecular weight excluding hydrogens is 1000 g/mol. The number of nitrogens with two attached hydrogens (primary N) is 1. The minimum Gasteiger partial charge on any atom is -0.386 e. The number of phosphoric acid groups is 3. The van der Waals surface area contributed by atoms with E-state index in [9.17, 15) is 62.7 Å². The average molecular weight is 1070 g/mol. The Hall–Kier alpha value is -3.03. The molecule has 0 aromatic carbocycles. The Morgan fingerprint density at radius 3 is 2.14 bits per heavy atom. The topological polar surface area (TPSA) is 381 Å². The second-order valence-corrected chi connectivity index (χ2v) is 22.8. The van der Waals surface area contributed by atoms with Gasteiger partial charge in [-0.25, -0.2) is 28.6 Å². The Morgan fingerprint density at radius 1 is 0.900 bits per heavy atom. The van der Waals surface area contributed by atoms with Gasteiger partial charge in [0.1, 0.15) is 36.3 Å². The van der Waals surface area contributed by atoms with Crippen LogP contribution in [-0.4, -0.2) is 128 Å². The first-order valence-electron chi connectivity index (χ1n) is 23.2. The lowest BCUT2D eigenvalue weighted by molar-refractivity contribution is -0.137. The number of thioether (sulfide) groups is 1. The van der Waals surface area contributed by atoms with Crippen molar-refractivity contribution in [1.29, 1.82) is 0 Å². The number of nitrogens with one attached hydrogen (secondary N) is 2. The summed E-state index contributed by atoms with van der Waals surface area (Å²) in [6, 6.07) is 0. The number of phosphoric ester groups is 3. The van der Waals surface area contributed by atoms with E-state index in [1.165, 1.54) is 90.6 Å². The standard InChI is InChI=1S/C41H70N7O18P3S/c1-4-5-6-7-8-9-10-11-12-13-14-15-16-17-18-19-29(49)24-32(51)70-23-22-43-31(50)20-21-44-39(54)36(53)41(2,3)26-63-69(60,61)66-68(58,59)62-25-30-35(65-67(55,56)57)34(52)40(64-30)48-28-47-33-37(42)45-27-46-38(33)48/h18-19,27-28,30,34-36,40,52-53H,4-17,20-26H2,1-3H3,(H,43,50)(H,44,54)(H,58,59)(H,60,61)(H2,42,45,46)(H2,55,56,57)/t30-,34-,35-,36+,40-/m1/s1. The number of hydrogen-bond donors (Lipinski definition) is 9. The Balaban J connectivity index is 1.30. The molecule has 7 atom stereocenters. The molecule has 1 aliphatic heterocycles. The molecule has 0 bridgehead atoms. The third-order valence-electron chi connectivity index (χ3n) is 10.9. The lowest BCUT2D eigenvalue weighted by Crippen LogP contribution is -2.46. The van der Waals surface area contributed by atoms with Crippen LogP contribution in [0.15, 0.2) is 24.8 Å². The van der Waals surface area contributed by atoms with E-state index >= 15 is 0 Å². The number of carbonyl (C=O) groups excluding carboxylic acids is 4. The molecule has 3 heterocycles.